The van der Waals surface area contributed by atoms with Gasteiger partial charge in [-0.3, -0.25) is 4.79 Å². The van der Waals surface area contributed by atoms with E-state index in [1.807, 2.05) is 0 Å². The minimum atomic E-state index is 0.242. The number of carbonyl (C=O) groups is 1. The van der Waals surface area contributed by atoms with Crippen LogP contribution in [0.1, 0.15) is 64.7 Å². The molecule has 2 atom stereocenters. The standard InChI is InChI=1S/C17H30N2O/c1-14-5-6-15(13-18-14)16(20)19-11-9-17(10-12-19)7-3-2-4-8-17/h14-15,18H,2-13H2,1H3. The van der Waals surface area contributed by atoms with E-state index in [1.165, 1.54) is 44.9 Å². The molecule has 0 bridgehead atoms. The van der Waals surface area contributed by atoms with Crippen molar-refractivity contribution in [1.82, 2.24) is 10.2 Å². The SMILES string of the molecule is CC1CCC(C(=O)N2CCC3(CCCCC3)CC2)CN1. The van der Waals surface area contributed by atoms with E-state index in [2.05, 4.69) is 17.1 Å². The molecule has 2 unspecified atom stereocenters. The fourth-order valence-electron chi connectivity index (χ4n) is 4.47. The van der Waals surface area contributed by atoms with E-state index in [9.17, 15) is 4.79 Å². The third-order valence-electron chi connectivity index (χ3n) is 6.06. The molecule has 3 nitrogen and oxygen atoms in total. The van der Waals surface area contributed by atoms with Gasteiger partial charge < -0.3 is 10.2 Å². The maximum Gasteiger partial charge on any atom is 0.226 e. The Labute approximate surface area is 123 Å². The summed E-state index contributed by atoms with van der Waals surface area (Å²) in [6.45, 7) is 5.14. The summed E-state index contributed by atoms with van der Waals surface area (Å²) in [4.78, 5) is 14.8. The maximum absolute atomic E-state index is 12.6. The van der Waals surface area contributed by atoms with Gasteiger partial charge >= 0.3 is 0 Å². The quantitative estimate of drug-likeness (QED) is 0.800. The number of hydrogen-bond donors (Lipinski definition) is 1. The minimum Gasteiger partial charge on any atom is -0.342 e. The van der Waals surface area contributed by atoms with Crippen LogP contribution in [-0.4, -0.2) is 36.5 Å². The molecule has 1 aliphatic carbocycles. The fraction of sp³-hybridized carbons (Fsp3) is 0.941. The van der Waals surface area contributed by atoms with Crippen LogP contribution in [0.2, 0.25) is 0 Å². The summed E-state index contributed by atoms with van der Waals surface area (Å²) < 4.78 is 0. The van der Waals surface area contributed by atoms with E-state index in [-0.39, 0.29) is 5.92 Å². The van der Waals surface area contributed by atoms with Gasteiger partial charge in [0, 0.05) is 25.7 Å². The normalized spacial score (nSPS) is 34.1. The molecule has 3 aliphatic rings. The van der Waals surface area contributed by atoms with Crippen LogP contribution in [0.15, 0.2) is 0 Å². The number of rotatable bonds is 1. The Morgan fingerprint density at radius 1 is 1.05 bits per heavy atom. The van der Waals surface area contributed by atoms with Crippen LogP contribution >= 0.6 is 0 Å². The molecule has 0 aromatic carbocycles. The molecule has 1 N–H and O–H groups in total. The number of hydrogen-bond acceptors (Lipinski definition) is 2. The summed E-state index contributed by atoms with van der Waals surface area (Å²) in [6, 6.07) is 0.589. The van der Waals surface area contributed by atoms with E-state index in [0.717, 1.165) is 32.5 Å². The van der Waals surface area contributed by atoms with Gasteiger partial charge in [-0.1, -0.05) is 19.3 Å². The molecular weight excluding hydrogens is 248 g/mol. The zero-order valence-electron chi connectivity index (χ0n) is 13.0. The molecule has 2 aliphatic heterocycles. The summed E-state index contributed by atoms with van der Waals surface area (Å²) in [7, 11) is 0. The zero-order chi connectivity index (χ0) is 14.0. The highest BCUT2D eigenvalue weighted by atomic mass is 16.2. The molecule has 1 spiro atoms. The Morgan fingerprint density at radius 3 is 2.35 bits per heavy atom. The summed E-state index contributed by atoms with van der Waals surface area (Å²) in [6.07, 6.45) is 11.8. The number of nitrogens with zero attached hydrogens (tertiary/aromatic N) is 1. The highest BCUT2D eigenvalue weighted by molar-refractivity contribution is 5.79. The van der Waals surface area contributed by atoms with Crippen LogP contribution in [0.5, 0.6) is 0 Å². The number of likely N-dealkylation sites (tertiary alicyclic amines) is 1. The predicted octanol–water partition coefficient (Wildman–Crippen LogP) is 2.95. The molecule has 20 heavy (non-hydrogen) atoms. The topological polar surface area (TPSA) is 32.3 Å². The lowest BCUT2D eigenvalue weighted by molar-refractivity contribution is -0.139. The third kappa shape index (κ3) is 3.03. The van der Waals surface area contributed by atoms with Crippen LogP contribution in [0.3, 0.4) is 0 Å². The summed E-state index contributed by atoms with van der Waals surface area (Å²) in [5, 5.41) is 3.46. The zero-order valence-corrected chi connectivity index (χ0v) is 13.0. The molecule has 2 heterocycles. The van der Waals surface area contributed by atoms with Gasteiger partial charge in [-0.2, -0.15) is 0 Å². The molecule has 3 rings (SSSR count). The lowest BCUT2D eigenvalue weighted by Crippen LogP contribution is -2.49. The Kier molecular flexibility index (Phi) is 4.34. The fourth-order valence-corrected chi connectivity index (χ4v) is 4.47. The molecule has 0 aromatic rings. The van der Waals surface area contributed by atoms with Crippen molar-refractivity contribution in [2.75, 3.05) is 19.6 Å². The third-order valence-corrected chi connectivity index (χ3v) is 6.06. The molecule has 114 valence electrons. The first-order chi connectivity index (χ1) is 9.69. The van der Waals surface area contributed by atoms with Gasteiger partial charge in [-0.05, 0) is 50.9 Å². The second-order valence-corrected chi connectivity index (χ2v) is 7.47. The predicted molar refractivity (Wildman–Crippen MR) is 81.5 cm³/mol. The van der Waals surface area contributed by atoms with Crippen LogP contribution in [-0.2, 0) is 4.79 Å². The van der Waals surface area contributed by atoms with Crippen LogP contribution in [0.25, 0.3) is 0 Å². The molecule has 0 radical (unpaired) electrons. The smallest absolute Gasteiger partial charge is 0.226 e. The highest BCUT2D eigenvalue weighted by Crippen LogP contribution is 2.44. The maximum atomic E-state index is 12.6. The van der Waals surface area contributed by atoms with Crippen molar-refractivity contribution >= 4 is 5.91 Å². The van der Waals surface area contributed by atoms with Crippen LogP contribution in [0, 0.1) is 11.3 Å². The Balaban J connectivity index is 1.51. The van der Waals surface area contributed by atoms with Gasteiger partial charge in [0.1, 0.15) is 0 Å². The van der Waals surface area contributed by atoms with Gasteiger partial charge in [0.2, 0.25) is 5.91 Å². The van der Waals surface area contributed by atoms with Crippen molar-refractivity contribution in [1.29, 1.82) is 0 Å². The number of nitrogens with one attached hydrogen (secondary N) is 1. The van der Waals surface area contributed by atoms with Gasteiger partial charge in [0.05, 0.1) is 5.92 Å². The van der Waals surface area contributed by atoms with Crippen molar-refractivity contribution < 1.29 is 4.79 Å². The summed E-state index contributed by atoms with van der Waals surface area (Å²) in [5.74, 6) is 0.668. The second-order valence-electron chi connectivity index (χ2n) is 7.47. The van der Waals surface area contributed by atoms with Crippen molar-refractivity contribution in [3.63, 3.8) is 0 Å². The number of carbonyl (C=O) groups excluding carboxylic acids is 1. The molecule has 0 aromatic heterocycles. The Bertz CT molecular complexity index is 331. The number of amides is 1. The highest BCUT2D eigenvalue weighted by Gasteiger charge is 2.38. The monoisotopic (exact) mass is 278 g/mol. The van der Waals surface area contributed by atoms with Gasteiger partial charge in [-0.15, -0.1) is 0 Å². The van der Waals surface area contributed by atoms with Gasteiger partial charge in [0.25, 0.3) is 0 Å². The summed E-state index contributed by atoms with van der Waals surface area (Å²) in [5.41, 5.74) is 0.606. The van der Waals surface area contributed by atoms with E-state index in [1.54, 1.807) is 0 Å². The molecular formula is C17H30N2O. The first-order valence-corrected chi connectivity index (χ1v) is 8.71. The molecule has 1 amide bonds. The van der Waals surface area contributed by atoms with E-state index >= 15 is 0 Å². The average Bonchev–Trinajstić information content (AvgIpc) is 2.49. The largest absolute Gasteiger partial charge is 0.342 e. The lowest BCUT2D eigenvalue weighted by atomic mass is 9.68. The Morgan fingerprint density at radius 2 is 1.75 bits per heavy atom. The van der Waals surface area contributed by atoms with Crippen molar-refractivity contribution in [2.45, 2.75) is 70.8 Å². The van der Waals surface area contributed by atoms with E-state index in [0.29, 0.717) is 17.4 Å². The molecule has 3 fully saturated rings. The van der Waals surface area contributed by atoms with E-state index in [4.69, 9.17) is 0 Å². The van der Waals surface area contributed by atoms with Crippen molar-refractivity contribution in [2.24, 2.45) is 11.3 Å². The number of piperidine rings is 2. The lowest BCUT2D eigenvalue weighted by Gasteiger charge is -2.45. The first-order valence-electron chi connectivity index (χ1n) is 8.71. The van der Waals surface area contributed by atoms with Crippen molar-refractivity contribution in [3.8, 4) is 0 Å². The molecule has 2 saturated heterocycles. The van der Waals surface area contributed by atoms with Crippen LogP contribution in [0.4, 0.5) is 0 Å². The minimum absolute atomic E-state index is 0.242. The summed E-state index contributed by atoms with van der Waals surface area (Å²) >= 11 is 0. The Hall–Kier alpha value is -0.570. The van der Waals surface area contributed by atoms with E-state index < -0.39 is 0 Å². The average molecular weight is 278 g/mol. The van der Waals surface area contributed by atoms with Gasteiger partial charge in [0.15, 0.2) is 0 Å². The van der Waals surface area contributed by atoms with Gasteiger partial charge in [-0.25, -0.2) is 0 Å². The molecule has 1 saturated carbocycles. The molecule has 3 heteroatoms. The second kappa shape index (κ2) is 6.05. The first kappa shape index (κ1) is 14.4. The van der Waals surface area contributed by atoms with Crippen LogP contribution < -0.4 is 5.32 Å². The van der Waals surface area contributed by atoms with Crippen molar-refractivity contribution in [3.05, 3.63) is 0 Å².